The van der Waals surface area contributed by atoms with Crippen LogP contribution in [-0.2, 0) is 19.3 Å². The summed E-state index contributed by atoms with van der Waals surface area (Å²) in [5.74, 6) is -3.27. The molecule has 1 saturated heterocycles. The van der Waals surface area contributed by atoms with Gasteiger partial charge in [0, 0.05) is 20.3 Å². The first-order valence-corrected chi connectivity index (χ1v) is 4.60. The largest absolute Gasteiger partial charge is 0.358 e. The van der Waals surface area contributed by atoms with Gasteiger partial charge in [-0.1, -0.05) is 0 Å². The normalized spacial score (nSPS) is 31.4. The molecule has 1 heterocycles. The molecule has 1 fully saturated rings. The molecule has 14 heavy (non-hydrogen) atoms. The van der Waals surface area contributed by atoms with E-state index < -0.39 is 17.4 Å². The Morgan fingerprint density at radius 2 is 2.29 bits per heavy atom. The Hall–Kier alpha value is -0.490. The van der Waals surface area contributed by atoms with E-state index in [1.165, 1.54) is 13.8 Å². The van der Waals surface area contributed by atoms with Crippen molar-refractivity contribution in [1.82, 2.24) is 0 Å². The van der Waals surface area contributed by atoms with Gasteiger partial charge in [0.2, 0.25) is 0 Å². The van der Waals surface area contributed by atoms with Gasteiger partial charge < -0.3 is 9.84 Å². The molecule has 0 amide bonds. The van der Waals surface area contributed by atoms with Crippen LogP contribution in [0.25, 0.3) is 0 Å². The van der Waals surface area contributed by atoms with Crippen molar-refractivity contribution in [3.8, 4) is 0 Å². The zero-order valence-electron chi connectivity index (χ0n) is 8.70. The summed E-state index contributed by atoms with van der Waals surface area (Å²) < 4.78 is 5.25. The van der Waals surface area contributed by atoms with Crippen molar-refractivity contribution >= 4 is 5.78 Å². The summed E-state index contributed by atoms with van der Waals surface area (Å²) in [5, 5.41) is 9.41. The zero-order valence-corrected chi connectivity index (χ0v) is 8.70. The molecule has 0 radical (unpaired) electrons. The third-order valence-corrected chi connectivity index (χ3v) is 2.22. The summed E-state index contributed by atoms with van der Waals surface area (Å²) in [7, 11) is 0. The monoisotopic (exact) mass is 204 g/mol. The number of aliphatic hydroxyl groups is 1. The van der Waals surface area contributed by atoms with Crippen LogP contribution in [-0.4, -0.2) is 29.1 Å². The van der Waals surface area contributed by atoms with Gasteiger partial charge in [0.05, 0.1) is 6.61 Å². The number of hydrogen-bond acceptors (Lipinski definition) is 5. The first-order valence-electron chi connectivity index (χ1n) is 4.60. The number of ketones is 1. The van der Waals surface area contributed by atoms with Crippen molar-refractivity contribution < 1.29 is 24.4 Å². The van der Waals surface area contributed by atoms with E-state index in [0.717, 1.165) is 6.42 Å². The number of carbonyl (C=O) groups is 1. The third kappa shape index (κ3) is 2.75. The molecule has 0 spiro atoms. The van der Waals surface area contributed by atoms with Crippen LogP contribution in [0.5, 0.6) is 0 Å². The molecule has 0 aromatic carbocycles. The Bertz CT molecular complexity index is 217. The molecule has 2 atom stereocenters. The van der Waals surface area contributed by atoms with Crippen molar-refractivity contribution in [2.24, 2.45) is 0 Å². The molecule has 2 unspecified atom stereocenters. The molecule has 5 heteroatoms. The van der Waals surface area contributed by atoms with E-state index in [0.29, 0.717) is 13.0 Å². The molecule has 5 nitrogen and oxygen atoms in total. The molecule has 1 rings (SSSR count). The third-order valence-electron chi connectivity index (χ3n) is 2.22. The molecule has 1 aliphatic rings. The van der Waals surface area contributed by atoms with Gasteiger partial charge in [-0.05, 0) is 13.3 Å². The predicted molar refractivity (Wildman–Crippen MR) is 47.1 cm³/mol. The Kier molecular flexibility index (Phi) is 3.26. The van der Waals surface area contributed by atoms with Crippen molar-refractivity contribution in [3.63, 3.8) is 0 Å². The van der Waals surface area contributed by atoms with Crippen molar-refractivity contribution in [1.29, 1.82) is 0 Å². The number of carbonyl (C=O) groups excluding carboxylic acids is 1. The highest BCUT2D eigenvalue weighted by Gasteiger charge is 2.37. The summed E-state index contributed by atoms with van der Waals surface area (Å²) in [6, 6.07) is 0. The summed E-state index contributed by atoms with van der Waals surface area (Å²) in [6.07, 6.45) is 1.56. The average molecular weight is 204 g/mol. The van der Waals surface area contributed by atoms with Crippen LogP contribution in [0.15, 0.2) is 0 Å². The van der Waals surface area contributed by atoms with Crippen molar-refractivity contribution in [2.45, 2.75) is 45.2 Å². The number of rotatable bonds is 4. The Balaban J connectivity index is 2.43. The molecule has 0 bridgehead atoms. The quantitative estimate of drug-likeness (QED) is 0.416. The fraction of sp³-hybridized carbons (Fsp3) is 0.889. The maximum Gasteiger partial charge on any atom is 0.255 e. The first-order chi connectivity index (χ1) is 6.36. The lowest BCUT2D eigenvalue weighted by Crippen LogP contribution is -2.40. The Morgan fingerprint density at radius 3 is 2.71 bits per heavy atom. The van der Waals surface area contributed by atoms with Gasteiger partial charge in [-0.15, -0.1) is 0 Å². The molecule has 0 aliphatic carbocycles. The van der Waals surface area contributed by atoms with E-state index in [1.807, 2.05) is 0 Å². The Labute approximate surface area is 82.9 Å². The van der Waals surface area contributed by atoms with E-state index in [1.54, 1.807) is 6.92 Å². The summed E-state index contributed by atoms with van der Waals surface area (Å²) in [5.41, 5.74) is 0. The minimum Gasteiger partial charge on any atom is -0.358 e. The Morgan fingerprint density at radius 1 is 1.64 bits per heavy atom. The molecule has 0 aromatic heterocycles. The van der Waals surface area contributed by atoms with Crippen LogP contribution in [0.4, 0.5) is 0 Å². The van der Waals surface area contributed by atoms with Crippen LogP contribution in [0.3, 0.4) is 0 Å². The molecular weight excluding hydrogens is 188 g/mol. The van der Waals surface area contributed by atoms with Crippen LogP contribution in [0.2, 0.25) is 0 Å². The van der Waals surface area contributed by atoms with Gasteiger partial charge in [0.15, 0.2) is 11.6 Å². The first kappa shape index (κ1) is 11.6. The summed E-state index contributed by atoms with van der Waals surface area (Å²) in [6.45, 7) is 4.76. The number of hydrogen-bond donors (Lipinski definition) is 1. The van der Waals surface area contributed by atoms with E-state index in [2.05, 4.69) is 4.89 Å². The lowest BCUT2D eigenvalue weighted by molar-refractivity contribution is -0.473. The summed E-state index contributed by atoms with van der Waals surface area (Å²) in [4.78, 5) is 20.5. The molecule has 1 aliphatic heterocycles. The van der Waals surface area contributed by atoms with E-state index in [-0.39, 0.29) is 0 Å². The second kappa shape index (κ2) is 3.94. The highest BCUT2D eigenvalue weighted by molar-refractivity contribution is 5.82. The highest BCUT2D eigenvalue weighted by atomic mass is 17.3. The van der Waals surface area contributed by atoms with Gasteiger partial charge in [-0.2, -0.15) is 9.78 Å². The van der Waals surface area contributed by atoms with Crippen molar-refractivity contribution in [2.75, 3.05) is 6.61 Å². The molecule has 1 N–H and O–H groups in total. The summed E-state index contributed by atoms with van der Waals surface area (Å²) >= 11 is 0. The number of Topliss-reactive ketones (excluding diaryl/α,β-unsaturated/α-hetero) is 1. The van der Waals surface area contributed by atoms with Gasteiger partial charge in [-0.25, -0.2) is 0 Å². The SMILES string of the molecule is CC(=O)C(C)(O)OOC1(C)CCCO1. The van der Waals surface area contributed by atoms with Gasteiger partial charge >= 0.3 is 0 Å². The molecule has 0 saturated carbocycles. The van der Waals surface area contributed by atoms with Crippen LogP contribution in [0.1, 0.15) is 33.6 Å². The maximum absolute atomic E-state index is 10.9. The van der Waals surface area contributed by atoms with Gasteiger partial charge in [0.25, 0.3) is 5.79 Å². The van der Waals surface area contributed by atoms with Crippen LogP contribution < -0.4 is 0 Å². The molecule has 0 aromatic rings. The van der Waals surface area contributed by atoms with E-state index in [9.17, 15) is 9.90 Å². The highest BCUT2D eigenvalue weighted by Crippen LogP contribution is 2.27. The second-order valence-electron chi connectivity index (χ2n) is 3.79. The lowest BCUT2D eigenvalue weighted by Gasteiger charge is -2.26. The molecular formula is C9H16O5. The second-order valence-corrected chi connectivity index (χ2v) is 3.79. The van der Waals surface area contributed by atoms with Crippen LogP contribution >= 0.6 is 0 Å². The standard InChI is InChI=1S/C9H16O5/c1-7(10)9(3,11)14-13-8(2)5-4-6-12-8/h11H,4-6H2,1-3H3. The van der Waals surface area contributed by atoms with Gasteiger partial charge in [0.1, 0.15) is 0 Å². The van der Waals surface area contributed by atoms with Crippen molar-refractivity contribution in [3.05, 3.63) is 0 Å². The van der Waals surface area contributed by atoms with Gasteiger partial charge in [-0.3, -0.25) is 4.79 Å². The lowest BCUT2D eigenvalue weighted by atomic mass is 10.2. The van der Waals surface area contributed by atoms with Crippen LogP contribution in [0, 0.1) is 0 Å². The minimum atomic E-state index is -1.91. The average Bonchev–Trinajstić information content (AvgIpc) is 2.50. The number of ether oxygens (including phenoxy) is 1. The van der Waals surface area contributed by atoms with E-state index in [4.69, 9.17) is 9.62 Å². The predicted octanol–water partition coefficient (Wildman–Crippen LogP) is 0.759. The zero-order chi connectivity index (χ0) is 10.8. The minimum absolute atomic E-state index is 0.515. The fourth-order valence-corrected chi connectivity index (χ4v) is 1.05. The smallest absolute Gasteiger partial charge is 0.255 e. The topological polar surface area (TPSA) is 65.0 Å². The van der Waals surface area contributed by atoms with E-state index >= 15 is 0 Å². The fourth-order valence-electron chi connectivity index (χ4n) is 1.05. The molecule has 82 valence electrons. The maximum atomic E-state index is 10.9.